The minimum absolute atomic E-state index is 0.0288. The Hall–Kier alpha value is -1.60. The van der Waals surface area contributed by atoms with Crippen molar-refractivity contribution in [1.82, 2.24) is 20.0 Å². The summed E-state index contributed by atoms with van der Waals surface area (Å²) in [4.78, 5) is 30.1. The number of rotatable bonds is 2. The zero-order chi connectivity index (χ0) is 16.4. The first-order chi connectivity index (χ1) is 11.0. The lowest BCUT2D eigenvalue weighted by Gasteiger charge is -2.33. The molecule has 126 valence electrons. The number of hydrogen-bond donors (Lipinski definition) is 1. The number of carbonyl (C=O) groups excluding carboxylic acids is 2. The van der Waals surface area contributed by atoms with Crippen LogP contribution in [0.25, 0.3) is 0 Å². The lowest BCUT2D eigenvalue weighted by atomic mass is 9.86. The van der Waals surface area contributed by atoms with Gasteiger partial charge in [-0.05, 0) is 22.4 Å². The molecule has 1 aromatic heterocycles. The smallest absolute Gasteiger partial charge is 0.319 e. The van der Waals surface area contributed by atoms with Crippen molar-refractivity contribution in [2.24, 2.45) is 5.41 Å². The van der Waals surface area contributed by atoms with E-state index >= 15 is 0 Å². The molecule has 2 fully saturated rings. The summed E-state index contributed by atoms with van der Waals surface area (Å²) >= 11 is 1.70. The third kappa shape index (κ3) is 3.67. The van der Waals surface area contributed by atoms with Gasteiger partial charge in [-0.25, -0.2) is 4.79 Å². The molecule has 0 bridgehead atoms. The number of thiophene rings is 1. The molecular weight excluding hydrogens is 312 g/mol. The molecule has 1 unspecified atom stereocenters. The van der Waals surface area contributed by atoms with Crippen molar-refractivity contribution in [3.05, 3.63) is 22.4 Å². The maximum absolute atomic E-state index is 12.4. The Labute approximate surface area is 141 Å². The van der Waals surface area contributed by atoms with Crippen molar-refractivity contribution in [3.63, 3.8) is 0 Å². The molecule has 1 atom stereocenters. The lowest BCUT2D eigenvalue weighted by molar-refractivity contribution is -0.119. The zero-order valence-electron chi connectivity index (χ0n) is 13.7. The summed E-state index contributed by atoms with van der Waals surface area (Å²) in [7, 11) is 3.56. The van der Waals surface area contributed by atoms with Gasteiger partial charge in [0.2, 0.25) is 5.91 Å². The van der Waals surface area contributed by atoms with E-state index in [-0.39, 0.29) is 17.4 Å². The number of nitrogens with one attached hydrogen (secondary N) is 1. The monoisotopic (exact) mass is 336 g/mol. The maximum Gasteiger partial charge on any atom is 0.319 e. The van der Waals surface area contributed by atoms with Crippen LogP contribution < -0.4 is 5.32 Å². The molecule has 1 N–H and O–H groups in total. The van der Waals surface area contributed by atoms with Gasteiger partial charge < -0.3 is 15.1 Å². The molecule has 3 rings (SSSR count). The molecule has 7 heteroatoms. The molecule has 1 aromatic rings. The summed E-state index contributed by atoms with van der Waals surface area (Å²) < 4.78 is 0. The molecule has 2 aliphatic heterocycles. The molecule has 0 aromatic carbocycles. The molecule has 0 aliphatic carbocycles. The molecule has 3 amide bonds. The van der Waals surface area contributed by atoms with Gasteiger partial charge in [0.15, 0.2) is 0 Å². The molecular formula is C16H24N4O2S. The molecule has 2 aliphatic rings. The number of nitrogens with zero attached hydrogens (tertiary/aromatic N) is 3. The van der Waals surface area contributed by atoms with Crippen molar-refractivity contribution >= 4 is 23.3 Å². The SMILES string of the molecule is CN(C)C(=O)N1CCN(Cc2ccsc2)CC2(CNC(=O)C2)C1. The van der Waals surface area contributed by atoms with Crippen LogP contribution in [-0.4, -0.2) is 73.5 Å². The van der Waals surface area contributed by atoms with E-state index in [0.29, 0.717) is 26.1 Å². The molecule has 0 radical (unpaired) electrons. The Bertz CT molecular complexity index is 575. The van der Waals surface area contributed by atoms with E-state index in [1.54, 1.807) is 30.3 Å². The second-order valence-corrected chi connectivity index (χ2v) is 7.67. The van der Waals surface area contributed by atoms with Gasteiger partial charge in [0.05, 0.1) is 0 Å². The molecule has 0 saturated carbocycles. The van der Waals surface area contributed by atoms with E-state index in [2.05, 4.69) is 27.0 Å². The molecule has 23 heavy (non-hydrogen) atoms. The Morgan fingerprint density at radius 2 is 2.22 bits per heavy atom. The predicted molar refractivity (Wildman–Crippen MR) is 90.3 cm³/mol. The maximum atomic E-state index is 12.4. The van der Waals surface area contributed by atoms with Crippen LogP contribution in [0.15, 0.2) is 16.8 Å². The van der Waals surface area contributed by atoms with Crippen LogP contribution in [0.2, 0.25) is 0 Å². The predicted octanol–water partition coefficient (Wildman–Crippen LogP) is 1.05. The van der Waals surface area contributed by atoms with Crippen LogP contribution >= 0.6 is 11.3 Å². The van der Waals surface area contributed by atoms with Crippen LogP contribution in [0.4, 0.5) is 4.79 Å². The summed E-state index contributed by atoms with van der Waals surface area (Å²) in [5.41, 5.74) is 1.13. The van der Waals surface area contributed by atoms with Crippen molar-refractivity contribution in [2.75, 3.05) is 46.8 Å². The van der Waals surface area contributed by atoms with Crippen LogP contribution in [0.1, 0.15) is 12.0 Å². The van der Waals surface area contributed by atoms with Gasteiger partial charge in [0.25, 0.3) is 0 Å². The number of carbonyl (C=O) groups is 2. The molecule has 1 spiro atoms. The third-order valence-electron chi connectivity index (χ3n) is 4.61. The average Bonchev–Trinajstić information content (AvgIpc) is 3.08. The van der Waals surface area contributed by atoms with Crippen LogP contribution in [0.3, 0.4) is 0 Å². The Kier molecular flexibility index (Phi) is 4.59. The summed E-state index contributed by atoms with van der Waals surface area (Å²) in [5, 5.41) is 7.21. The highest BCUT2D eigenvalue weighted by Crippen LogP contribution is 2.31. The summed E-state index contributed by atoms with van der Waals surface area (Å²) in [6.07, 6.45) is 0.504. The van der Waals surface area contributed by atoms with Gasteiger partial charge >= 0.3 is 6.03 Å². The summed E-state index contributed by atoms with van der Waals surface area (Å²) in [6.45, 7) is 4.57. The van der Waals surface area contributed by atoms with Gasteiger partial charge in [-0.15, -0.1) is 0 Å². The largest absolute Gasteiger partial charge is 0.355 e. The fraction of sp³-hybridized carbons (Fsp3) is 0.625. The lowest BCUT2D eigenvalue weighted by Crippen LogP contribution is -2.46. The first kappa shape index (κ1) is 16.3. The van der Waals surface area contributed by atoms with Gasteiger partial charge in [0.1, 0.15) is 0 Å². The molecule has 3 heterocycles. The van der Waals surface area contributed by atoms with Crippen molar-refractivity contribution in [3.8, 4) is 0 Å². The average molecular weight is 336 g/mol. The van der Waals surface area contributed by atoms with E-state index in [4.69, 9.17) is 0 Å². The van der Waals surface area contributed by atoms with Crippen molar-refractivity contribution in [2.45, 2.75) is 13.0 Å². The van der Waals surface area contributed by atoms with Crippen molar-refractivity contribution < 1.29 is 9.59 Å². The second-order valence-electron chi connectivity index (χ2n) is 6.89. The third-order valence-corrected chi connectivity index (χ3v) is 5.34. The highest BCUT2D eigenvalue weighted by Gasteiger charge is 2.44. The van der Waals surface area contributed by atoms with Gasteiger partial charge in [0, 0.05) is 65.2 Å². The van der Waals surface area contributed by atoms with Crippen LogP contribution in [0.5, 0.6) is 0 Å². The van der Waals surface area contributed by atoms with E-state index in [0.717, 1.165) is 19.6 Å². The summed E-state index contributed by atoms with van der Waals surface area (Å²) in [6, 6.07) is 2.17. The first-order valence-electron chi connectivity index (χ1n) is 7.94. The Balaban J connectivity index is 1.78. The van der Waals surface area contributed by atoms with Crippen LogP contribution in [-0.2, 0) is 11.3 Å². The van der Waals surface area contributed by atoms with Gasteiger partial charge in [-0.3, -0.25) is 9.69 Å². The first-order valence-corrected chi connectivity index (χ1v) is 8.88. The topological polar surface area (TPSA) is 55.9 Å². The van der Waals surface area contributed by atoms with Gasteiger partial charge in [-0.2, -0.15) is 11.3 Å². The van der Waals surface area contributed by atoms with E-state index < -0.39 is 0 Å². The number of urea groups is 1. The van der Waals surface area contributed by atoms with E-state index in [9.17, 15) is 9.59 Å². The zero-order valence-corrected chi connectivity index (χ0v) is 14.6. The minimum Gasteiger partial charge on any atom is -0.355 e. The minimum atomic E-state index is -0.171. The van der Waals surface area contributed by atoms with Crippen LogP contribution in [0, 0.1) is 5.41 Å². The highest BCUT2D eigenvalue weighted by atomic mass is 32.1. The fourth-order valence-electron chi connectivity index (χ4n) is 3.55. The van der Waals surface area contributed by atoms with E-state index in [1.807, 2.05) is 4.90 Å². The van der Waals surface area contributed by atoms with Gasteiger partial charge in [-0.1, -0.05) is 0 Å². The number of amides is 3. The molecule has 2 saturated heterocycles. The van der Waals surface area contributed by atoms with Crippen molar-refractivity contribution in [1.29, 1.82) is 0 Å². The highest BCUT2D eigenvalue weighted by molar-refractivity contribution is 7.07. The second kappa shape index (κ2) is 6.49. The summed E-state index contributed by atoms with van der Waals surface area (Å²) in [5.74, 6) is 0.0969. The number of hydrogen-bond acceptors (Lipinski definition) is 4. The quantitative estimate of drug-likeness (QED) is 0.878. The standard InChI is InChI=1S/C16H24N4O2S/c1-18(2)15(22)20-5-4-19(8-13-3-6-23-9-13)11-16(12-20)7-14(21)17-10-16/h3,6,9H,4-5,7-8,10-12H2,1-2H3,(H,17,21). The Morgan fingerprint density at radius 1 is 1.39 bits per heavy atom. The molecule has 6 nitrogen and oxygen atoms in total. The van der Waals surface area contributed by atoms with E-state index in [1.165, 1.54) is 5.56 Å². The Morgan fingerprint density at radius 3 is 2.83 bits per heavy atom. The fourth-order valence-corrected chi connectivity index (χ4v) is 4.21. The normalized spacial score (nSPS) is 25.5.